The Balaban J connectivity index is 2.51. The Bertz CT molecular complexity index is 339. The number of aryl methyl sites for hydroxylation is 1. The van der Waals surface area contributed by atoms with Gasteiger partial charge in [-0.2, -0.15) is 4.98 Å². The number of carbonyl (C=O) groups is 1. The summed E-state index contributed by atoms with van der Waals surface area (Å²) in [7, 11) is 1.57. The molecule has 90 valence electrons. The number of aromatic nitrogens is 2. The number of nitrogens with zero attached hydrogens (tertiary/aromatic N) is 3. The van der Waals surface area contributed by atoms with Crippen molar-refractivity contribution in [3.8, 4) is 0 Å². The molecule has 0 atom stereocenters. The molecule has 1 N–H and O–H groups in total. The van der Waals surface area contributed by atoms with Crippen molar-refractivity contribution in [2.45, 2.75) is 13.5 Å². The fourth-order valence-electron chi connectivity index (χ4n) is 1.23. The molecule has 1 heterocycles. The highest BCUT2D eigenvalue weighted by molar-refractivity contribution is 5.69. The molecule has 0 aliphatic rings. The van der Waals surface area contributed by atoms with Crippen molar-refractivity contribution >= 4 is 5.97 Å². The van der Waals surface area contributed by atoms with Gasteiger partial charge in [0.1, 0.15) is 0 Å². The molecule has 7 nitrogen and oxygen atoms in total. The summed E-state index contributed by atoms with van der Waals surface area (Å²) in [5, 5.41) is 12.4. The molecule has 0 radical (unpaired) electrons. The SMILES string of the molecule is COCCN(CC(=O)O)Cc1noc(C)n1. The van der Waals surface area contributed by atoms with E-state index in [-0.39, 0.29) is 6.54 Å². The van der Waals surface area contributed by atoms with E-state index in [0.29, 0.717) is 31.4 Å². The van der Waals surface area contributed by atoms with Crippen LogP contribution in [0.5, 0.6) is 0 Å². The highest BCUT2D eigenvalue weighted by Crippen LogP contribution is 2.00. The number of hydrogen-bond donors (Lipinski definition) is 1. The number of carboxylic acids is 1. The minimum Gasteiger partial charge on any atom is -0.480 e. The maximum Gasteiger partial charge on any atom is 0.317 e. The van der Waals surface area contributed by atoms with E-state index < -0.39 is 5.97 Å². The lowest BCUT2D eigenvalue weighted by Gasteiger charge is -2.17. The molecular weight excluding hydrogens is 214 g/mol. The molecule has 1 rings (SSSR count). The molecule has 0 aliphatic carbocycles. The first-order chi connectivity index (χ1) is 7.61. The molecule has 0 amide bonds. The molecular formula is C9H15N3O4. The number of carboxylic acid groups (broad SMARTS) is 1. The molecule has 0 bridgehead atoms. The van der Waals surface area contributed by atoms with E-state index >= 15 is 0 Å². The third-order valence-corrected chi connectivity index (χ3v) is 1.91. The van der Waals surface area contributed by atoms with Crippen LogP contribution in [0, 0.1) is 6.92 Å². The van der Waals surface area contributed by atoms with E-state index in [1.807, 2.05) is 0 Å². The molecule has 1 aromatic heterocycles. The lowest BCUT2D eigenvalue weighted by molar-refractivity contribution is -0.138. The minimum atomic E-state index is -0.892. The molecule has 7 heteroatoms. The van der Waals surface area contributed by atoms with Gasteiger partial charge in [0.15, 0.2) is 5.82 Å². The predicted octanol–water partition coefficient (Wildman–Crippen LogP) is -0.0890. The van der Waals surface area contributed by atoms with Crippen molar-refractivity contribution in [1.82, 2.24) is 15.0 Å². The Kier molecular flexibility index (Phi) is 4.87. The molecule has 0 spiro atoms. The molecule has 0 aromatic carbocycles. The first-order valence-electron chi connectivity index (χ1n) is 4.84. The lowest BCUT2D eigenvalue weighted by Crippen LogP contribution is -2.32. The van der Waals surface area contributed by atoms with E-state index in [1.165, 1.54) is 0 Å². The quantitative estimate of drug-likeness (QED) is 0.698. The summed E-state index contributed by atoms with van der Waals surface area (Å²) in [5.41, 5.74) is 0. The van der Waals surface area contributed by atoms with Gasteiger partial charge >= 0.3 is 5.97 Å². The third kappa shape index (κ3) is 4.37. The van der Waals surface area contributed by atoms with Gasteiger partial charge in [0, 0.05) is 20.6 Å². The van der Waals surface area contributed by atoms with Crippen molar-refractivity contribution in [2.75, 3.05) is 26.8 Å². The Morgan fingerprint density at radius 2 is 2.38 bits per heavy atom. The number of hydrogen-bond acceptors (Lipinski definition) is 6. The summed E-state index contributed by atoms with van der Waals surface area (Å²) in [6.45, 7) is 2.93. The normalized spacial score (nSPS) is 10.9. The Labute approximate surface area is 93.0 Å². The minimum absolute atomic E-state index is 0.0725. The Morgan fingerprint density at radius 3 is 2.88 bits per heavy atom. The van der Waals surface area contributed by atoms with Crippen LogP contribution >= 0.6 is 0 Å². The molecule has 0 saturated carbocycles. The monoisotopic (exact) mass is 229 g/mol. The average molecular weight is 229 g/mol. The zero-order valence-electron chi connectivity index (χ0n) is 9.34. The highest BCUT2D eigenvalue weighted by atomic mass is 16.5. The molecule has 16 heavy (non-hydrogen) atoms. The van der Waals surface area contributed by atoms with Crippen LogP contribution in [0.2, 0.25) is 0 Å². The van der Waals surface area contributed by atoms with Gasteiger partial charge in [-0.3, -0.25) is 9.69 Å². The fourth-order valence-corrected chi connectivity index (χ4v) is 1.23. The van der Waals surface area contributed by atoms with E-state index in [4.69, 9.17) is 14.4 Å². The second-order valence-corrected chi connectivity index (χ2v) is 3.33. The summed E-state index contributed by atoms with van der Waals surface area (Å²) in [5.74, 6) is 0.0585. The molecule has 1 aromatic rings. The molecule has 0 saturated heterocycles. The largest absolute Gasteiger partial charge is 0.480 e. The van der Waals surface area contributed by atoms with E-state index in [2.05, 4.69) is 10.1 Å². The number of methoxy groups -OCH3 is 1. The number of ether oxygens (including phenoxy) is 1. The first-order valence-corrected chi connectivity index (χ1v) is 4.84. The Hall–Kier alpha value is -1.47. The maximum absolute atomic E-state index is 10.6. The van der Waals surface area contributed by atoms with Crippen LogP contribution in [0.4, 0.5) is 0 Å². The molecule has 0 aliphatic heterocycles. The summed E-state index contributed by atoms with van der Waals surface area (Å²) in [6, 6.07) is 0. The van der Waals surface area contributed by atoms with Crippen LogP contribution in [0.3, 0.4) is 0 Å². The second-order valence-electron chi connectivity index (χ2n) is 3.33. The average Bonchev–Trinajstić information content (AvgIpc) is 2.59. The highest BCUT2D eigenvalue weighted by Gasteiger charge is 2.13. The summed E-state index contributed by atoms with van der Waals surface area (Å²) >= 11 is 0. The van der Waals surface area contributed by atoms with E-state index in [0.717, 1.165) is 0 Å². The topological polar surface area (TPSA) is 88.7 Å². The first kappa shape index (κ1) is 12.6. The van der Waals surface area contributed by atoms with Gasteiger partial charge in [-0.15, -0.1) is 0 Å². The zero-order valence-corrected chi connectivity index (χ0v) is 9.34. The summed E-state index contributed by atoms with van der Waals surface area (Å²) < 4.78 is 9.71. The van der Waals surface area contributed by atoms with Gasteiger partial charge in [0.2, 0.25) is 5.89 Å². The summed E-state index contributed by atoms with van der Waals surface area (Å²) in [6.07, 6.45) is 0. The number of rotatable bonds is 7. The van der Waals surface area contributed by atoms with E-state index in [1.54, 1.807) is 18.9 Å². The maximum atomic E-state index is 10.6. The standard InChI is InChI=1S/C9H15N3O4/c1-7-10-8(11-16-7)5-12(3-4-15-2)6-9(13)14/h3-6H2,1-2H3,(H,13,14). The molecule has 0 fully saturated rings. The van der Waals surface area contributed by atoms with Crippen LogP contribution < -0.4 is 0 Å². The van der Waals surface area contributed by atoms with Crippen LogP contribution in [-0.2, 0) is 16.1 Å². The Morgan fingerprint density at radius 1 is 1.62 bits per heavy atom. The van der Waals surface area contributed by atoms with Crippen LogP contribution in [-0.4, -0.2) is 52.9 Å². The number of aliphatic carboxylic acids is 1. The zero-order chi connectivity index (χ0) is 12.0. The van der Waals surface area contributed by atoms with Gasteiger partial charge in [0.05, 0.1) is 19.7 Å². The van der Waals surface area contributed by atoms with Crippen molar-refractivity contribution in [2.24, 2.45) is 0 Å². The van der Waals surface area contributed by atoms with Crippen molar-refractivity contribution < 1.29 is 19.2 Å². The predicted molar refractivity (Wildman–Crippen MR) is 53.8 cm³/mol. The lowest BCUT2D eigenvalue weighted by atomic mass is 10.4. The van der Waals surface area contributed by atoms with Crippen LogP contribution in [0.15, 0.2) is 4.52 Å². The third-order valence-electron chi connectivity index (χ3n) is 1.91. The smallest absolute Gasteiger partial charge is 0.317 e. The van der Waals surface area contributed by atoms with Crippen molar-refractivity contribution in [3.63, 3.8) is 0 Å². The van der Waals surface area contributed by atoms with Crippen molar-refractivity contribution in [3.05, 3.63) is 11.7 Å². The van der Waals surface area contributed by atoms with Gasteiger partial charge < -0.3 is 14.4 Å². The molecule has 0 unspecified atom stereocenters. The fraction of sp³-hybridized carbons (Fsp3) is 0.667. The summed E-state index contributed by atoms with van der Waals surface area (Å²) in [4.78, 5) is 16.3. The van der Waals surface area contributed by atoms with Gasteiger partial charge in [-0.05, 0) is 0 Å². The van der Waals surface area contributed by atoms with E-state index in [9.17, 15) is 4.79 Å². The van der Waals surface area contributed by atoms with Crippen molar-refractivity contribution in [1.29, 1.82) is 0 Å². The van der Waals surface area contributed by atoms with Crippen LogP contribution in [0.1, 0.15) is 11.7 Å². The van der Waals surface area contributed by atoms with Gasteiger partial charge in [-0.25, -0.2) is 0 Å². The van der Waals surface area contributed by atoms with Gasteiger partial charge in [-0.1, -0.05) is 5.16 Å². The van der Waals surface area contributed by atoms with Gasteiger partial charge in [0.25, 0.3) is 0 Å². The second kappa shape index (κ2) is 6.19. The van der Waals surface area contributed by atoms with Crippen LogP contribution in [0.25, 0.3) is 0 Å².